The molecule has 0 radical (unpaired) electrons. The number of halogens is 1. The number of nitrogens with zero attached hydrogens (tertiary/aromatic N) is 2. The Morgan fingerprint density at radius 3 is 2.58 bits per heavy atom. The summed E-state index contributed by atoms with van der Waals surface area (Å²) in [5.41, 5.74) is 4.61. The first-order chi connectivity index (χ1) is 14.9. The van der Waals surface area contributed by atoms with E-state index < -0.39 is 0 Å². The van der Waals surface area contributed by atoms with Gasteiger partial charge in [-0.05, 0) is 42.3 Å². The Morgan fingerprint density at radius 2 is 1.90 bits per heavy atom. The fraction of sp³-hybridized carbons (Fsp3) is 0.167. The van der Waals surface area contributed by atoms with E-state index in [0.29, 0.717) is 21.8 Å². The van der Waals surface area contributed by atoms with Gasteiger partial charge in [-0.3, -0.25) is 4.79 Å². The number of benzene rings is 2. The third kappa shape index (κ3) is 4.49. The fourth-order valence-corrected chi connectivity index (χ4v) is 3.85. The number of rotatable bonds is 4. The first-order valence-electron chi connectivity index (χ1n) is 9.97. The lowest BCUT2D eigenvalue weighted by atomic mass is 9.97. The molecule has 7 heteroatoms. The molecule has 0 bridgehead atoms. The van der Waals surface area contributed by atoms with Crippen LogP contribution in [-0.4, -0.2) is 29.1 Å². The van der Waals surface area contributed by atoms with Gasteiger partial charge in [0, 0.05) is 49.2 Å². The van der Waals surface area contributed by atoms with Crippen LogP contribution >= 0.6 is 11.6 Å². The topological polar surface area (TPSA) is 77.5 Å². The molecule has 0 unspecified atom stereocenters. The van der Waals surface area contributed by atoms with E-state index in [0.717, 1.165) is 35.7 Å². The molecule has 0 fully saturated rings. The highest BCUT2D eigenvalue weighted by atomic mass is 35.5. The van der Waals surface area contributed by atoms with Crippen LogP contribution in [-0.2, 0) is 4.79 Å². The number of phenols is 1. The normalized spacial score (nSPS) is 13.4. The van der Waals surface area contributed by atoms with E-state index in [9.17, 15) is 9.90 Å². The number of allylic oxidation sites excluding steroid dienone is 1. The van der Waals surface area contributed by atoms with Gasteiger partial charge < -0.3 is 20.6 Å². The summed E-state index contributed by atoms with van der Waals surface area (Å²) in [5, 5.41) is 17.5. The van der Waals surface area contributed by atoms with Crippen LogP contribution in [0.25, 0.3) is 22.3 Å². The summed E-state index contributed by atoms with van der Waals surface area (Å²) in [5.74, 6) is 0.795. The van der Waals surface area contributed by atoms with E-state index >= 15 is 0 Å². The molecule has 0 atom stereocenters. The van der Waals surface area contributed by atoms with Crippen molar-refractivity contribution in [3.05, 3.63) is 71.6 Å². The predicted octanol–water partition coefficient (Wildman–Crippen LogP) is 5.00. The standard InChI is InChI=1S/C24H23ClN4O2/c1-15-14-29(11-10-26-15)23-13-18(8-9-27-23)20-5-3-4-19(24(20)31)17-6-7-22(21(25)12-17)28-16(2)30/h3-9,12-14,26,31H,10-11H2,1-2H3,(H,28,30). The summed E-state index contributed by atoms with van der Waals surface area (Å²) in [6.07, 6.45) is 3.78. The summed E-state index contributed by atoms with van der Waals surface area (Å²) >= 11 is 6.33. The van der Waals surface area contributed by atoms with Crippen LogP contribution in [0.15, 0.2) is 66.6 Å². The van der Waals surface area contributed by atoms with Crippen molar-refractivity contribution in [3.8, 4) is 28.0 Å². The highest BCUT2D eigenvalue weighted by molar-refractivity contribution is 6.34. The van der Waals surface area contributed by atoms with Crippen LogP contribution in [0.3, 0.4) is 0 Å². The molecule has 0 aliphatic carbocycles. The minimum Gasteiger partial charge on any atom is -0.507 e. The number of pyridine rings is 1. The van der Waals surface area contributed by atoms with E-state index in [1.165, 1.54) is 6.92 Å². The van der Waals surface area contributed by atoms with Gasteiger partial charge in [0.2, 0.25) is 5.91 Å². The van der Waals surface area contributed by atoms with Gasteiger partial charge in [0.05, 0.1) is 10.7 Å². The minimum atomic E-state index is -0.192. The zero-order valence-electron chi connectivity index (χ0n) is 17.3. The van der Waals surface area contributed by atoms with Crippen molar-refractivity contribution in [1.82, 2.24) is 10.3 Å². The van der Waals surface area contributed by atoms with Crippen LogP contribution in [0.5, 0.6) is 5.75 Å². The summed E-state index contributed by atoms with van der Waals surface area (Å²) in [4.78, 5) is 17.9. The number of carbonyl (C=O) groups excluding carboxylic acids is 1. The number of phenolic OH excluding ortho intramolecular Hbond substituents is 1. The van der Waals surface area contributed by atoms with Gasteiger partial charge in [-0.25, -0.2) is 4.98 Å². The van der Waals surface area contributed by atoms with Crippen molar-refractivity contribution in [1.29, 1.82) is 0 Å². The molecule has 1 amide bonds. The zero-order valence-corrected chi connectivity index (χ0v) is 18.1. The van der Waals surface area contributed by atoms with Crippen LogP contribution in [0.4, 0.5) is 11.5 Å². The summed E-state index contributed by atoms with van der Waals surface area (Å²) in [7, 11) is 0. The van der Waals surface area contributed by atoms with Gasteiger partial charge in [0.25, 0.3) is 0 Å². The lowest BCUT2D eigenvalue weighted by Crippen LogP contribution is -2.34. The Kier molecular flexibility index (Phi) is 5.82. The Labute approximate surface area is 186 Å². The smallest absolute Gasteiger partial charge is 0.221 e. The highest BCUT2D eigenvalue weighted by Crippen LogP contribution is 2.40. The molecule has 3 aromatic rings. The Balaban J connectivity index is 1.70. The van der Waals surface area contributed by atoms with Crippen molar-refractivity contribution in [2.45, 2.75) is 13.8 Å². The quantitative estimate of drug-likeness (QED) is 0.538. The van der Waals surface area contributed by atoms with Gasteiger partial charge in [-0.1, -0.05) is 35.9 Å². The van der Waals surface area contributed by atoms with Crippen LogP contribution < -0.4 is 15.5 Å². The van der Waals surface area contributed by atoms with Gasteiger partial charge in [0.1, 0.15) is 11.6 Å². The summed E-state index contributed by atoms with van der Waals surface area (Å²) < 4.78 is 0. The first-order valence-corrected chi connectivity index (χ1v) is 10.3. The average molecular weight is 435 g/mol. The molecule has 0 saturated heterocycles. The number of aromatic hydroxyl groups is 1. The molecule has 3 N–H and O–H groups in total. The maximum absolute atomic E-state index is 11.3. The number of hydrogen-bond donors (Lipinski definition) is 3. The highest BCUT2D eigenvalue weighted by Gasteiger charge is 2.15. The second-order valence-corrected chi connectivity index (χ2v) is 7.82. The van der Waals surface area contributed by atoms with Gasteiger partial charge >= 0.3 is 0 Å². The second kappa shape index (κ2) is 8.70. The van der Waals surface area contributed by atoms with Gasteiger partial charge in [-0.15, -0.1) is 0 Å². The first kappa shape index (κ1) is 20.8. The van der Waals surface area contributed by atoms with E-state index in [2.05, 4.69) is 20.5 Å². The van der Waals surface area contributed by atoms with Crippen LogP contribution in [0.2, 0.25) is 5.02 Å². The van der Waals surface area contributed by atoms with Crippen molar-refractivity contribution in [2.75, 3.05) is 23.3 Å². The van der Waals surface area contributed by atoms with Crippen molar-refractivity contribution >= 4 is 29.0 Å². The molecule has 1 aromatic heterocycles. The molecule has 1 aliphatic rings. The lowest BCUT2D eigenvalue weighted by Gasteiger charge is -2.26. The maximum atomic E-state index is 11.3. The molecule has 1 aliphatic heterocycles. The number of aromatic nitrogens is 1. The molecular weight excluding hydrogens is 412 g/mol. The molecule has 6 nitrogen and oxygen atoms in total. The number of carbonyl (C=O) groups is 1. The fourth-order valence-electron chi connectivity index (χ4n) is 3.62. The molecule has 2 aromatic carbocycles. The Hall–Kier alpha value is -3.51. The Bertz CT molecular complexity index is 1180. The lowest BCUT2D eigenvalue weighted by molar-refractivity contribution is -0.114. The van der Waals surface area contributed by atoms with Crippen LogP contribution in [0, 0.1) is 0 Å². The maximum Gasteiger partial charge on any atom is 0.221 e. The number of amides is 1. The molecule has 4 rings (SSSR count). The zero-order chi connectivity index (χ0) is 22.0. The third-order valence-corrected chi connectivity index (χ3v) is 5.40. The number of hydrogen-bond acceptors (Lipinski definition) is 5. The van der Waals surface area contributed by atoms with Crippen molar-refractivity contribution in [2.24, 2.45) is 0 Å². The molecule has 31 heavy (non-hydrogen) atoms. The second-order valence-electron chi connectivity index (χ2n) is 7.41. The minimum absolute atomic E-state index is 0.162. The largest absolute Gasteiger partial charge is 0.507 e. The van der Waals surface area contributed by atoms with Crippen molar-refractivity contribution in [3.63, 3.8) is 0 Å². The number of nitrogens with one attached hydrogen (secondary N) is 2. The molecular formula is C24H23ClN4O2. The van der Waals surface area contributed by atoms with Gasteiger partial charge in [0.15, 0.2) is 0 Å². The monoisotopic (exact) mass is 434 g/mol. The SMILES string of the molecule is CC(=O)Nc1ccc(-c2cccc(-c3ccnc(N4C=C(C)NCC4)c3)c2O)cc1Cl. The van der Waals surface area contributed by atoms with Gasteiger partial charge in [-0.2, -0.15) is 0 Å². The molecule has 0 saturated carbocycles. The molecule has 0 spiro atoms. The van der Waals surface area contributed by atoms with Crippen molar-refractivity contribution < 1.29 is 9.90 Å². The van der Waals surface area contributed by atoms with E-state index in [4.69, 9.17) is 11.6 Å². The summed E-state index contributed by atoms with van der Waals surface area (Å²) in [6, 6.07) is 14.8. The van der Waals surface area contributed by atoms with Crippen LogP contribution in [0.1, 0.15) is 13.8 Å². The number of para-hydroxylation sites is 1. The van der Waals surface area contributed by atoms with E-state index in [1.54, 1.807) is 18.3 Å². The molecule has 158 valence electrons. The van der Waals surface area contributed by atoms with E-state index in [1.807, 2.05) is 49.5 Å². The van der Waals surface area contributed by atoms with E-state index in [-0.39, 0.29) is 11.7 Å². The third-order valence-electron chi connectivity index (χ3n) is 5.08. The summed E-state index contributed by atoms with van der Waals surface area (Å²) in [6.45, 7) is 5.12. The average Bonchev–Trinajstić information content (AvgIpc) is 2.75. The molecule has 2 heterocycles. The predicted molar refractivity (Wildman–Crippen MR) is 125 cm³/mol. The Morgan fingerprint density at radius 1 is 1.16 bits per heavy atom. The number of anilines is 2.